The standard InChI is InChI=1S/C23H30FN3O3/c1-17(23(28)25-16-18-5-10-21(29-2)22(15-18)30-3)26-11-4-12-27(14-13-26)20-8-6-19(24)7-9-20/h5-10,15,17H,4,11-14,16H2,1-3H3,(H,25,28). The lowest BCUT2D eigenvalue weighted by Gasteiger charge is -2.27. The first-order chi connectivity index (χ1) is 14.5. The Morgan fingerprint density at radius 2 is 1.77 bits per heavy atom. The van der Waals surface area contributed by atoms with E-state index in [1.54, 1.807) is 14.2 Å². The number of hydrogen-bond acceptors (Lipinski definition) is 5. The summed E-state index contributed by atoms with van der Waals surface area (Å²) in [5.74, 6) is 1.08. The number of carbonyl (C=O) groups excluding carboxylic acids is 1. The first kappa shape index (κ1) is 21.9. The second kappa shape index (κ2) is 10.3. The predicted molar refractivity (Wildman–Crippen MR) is 116 cm³/mol. The van der Waals surface area contributed by atoms with Crippen LogP contribution in [0.5, 0.6) is 11.5 Å². The molecule has 0 aliphatic carbocycles. The van der Waals surface area contributed by atoms with Gasteiger partial charge >= 0.3 is 0 Å². The highest BCUT2D eigenvalue weighted by atomic mass is 19.1. The van der Waals surface area contributed by atoms with Gasteiger partial charge in [0.25, 0.3) is 0 Å². The van der Waals surface area contributed by atoms with E-state index in [9.17, 15) is 9.18 Å². The third-order valence-electron chi connectivity index (χ3n) is 5.56. The Kier molecular flexibility index (Phi) is 7.52. The van der Waals surface area contributed by atoms with E-state index in [-0.39, 0.29) is 17.8 Å². The number of benzene rings is 2. The molecule has 0 aromatic heterocycles. The van der Waals surface area contributed by atoms with Crippen molar-refractivity contribution in [3.63, 3.8) is 0 Å². The summed E-state index contributed by atoms with van der Waals surface area (Å²) in [7, 11) is 3.19. The molecule has 2 aromatic carbocycles. The van der Waals surface area contributed by atoms with Crippen molar-refractivity contribution in [3.05, 3.63) is 53.8 Å². The highest BCUT2D eigenvalue weighted by Gasteiger charge is 2.24. The molecule has 1 aliphatic rings. The van der Waals surface area contributed by atoms with Crippen molar-refractivity contribution in [3.8, 4) is 11.5 Å². The summed E-state index contributed by atoms with van der Waals surface area (Å²) < 4.78 is 23.8. The molecular weight excluding hydrogens is 385 g/mol. The quantitative estimate of drug-likeness (QED) is 0.753. The van der Waals surface area contributed by atoms with Crippen molar-refractivity contribution in [2.75, 3.05) is 45.3 Å². The molecule has 162 valence electrons. The normalized spacial score (nSPS) is 15.9. The maximum Gasteiger partial charge on any atom is 0.237 e. The molecule has 1 unspecified atom stereocenters. The van der Waals surface area contributed by atoms with E-state index in [0.717, 1.165) is 43.9 Å². The summed E-state index contributed by atoms with van der Waals surface area (Å²) in [5.41, 5.74) is 1.97. The predicted octanol–water partition coefficient (Wildman–Crippen LogP) is 3.06. The van der Waals surface area contributed by atoms with Crippen LogP contribution in [0.2, 0.25) is 0 Å². The number of nitrogens with one attached hydrogen (secondary N) is 1. The fourth-order valence-corrected chi connectivity index (χ4v) is 3.73. The SMILES string of the molecule is COc1ccc(CNC(=O)C(C)N2CCCN(c3ccc(F)cc3)CC2)cc1OC. The van der Waals surface area contributed by atoms with E-state index >= 15 is 0 Å². The minimum atomic E-state index is -0.227. The Hall–Kier alpha value is -2.80. The Labute approximate surface area is 177 Å². The van der Waals surface area contributed by atoms with Gasteiger partial charge in [0, 0.05) is 38.4 Å². The van der Waals surface area contributed by atoms with E-state index < -0.39 is 0 Å². The molecule has 1 saturated heterocycles. The topological polar surface area (TPSA) is 54.0 Å². The van der Waals surface area contributed by atoms with Crippen LogP contribution in [0.4, 0.5) is 10.1 Å². The molecule has 0 radical (unpaired) electrons. The molecule has 30 heavy (non-hydrogen) atoms. The molecule has 1 N–H and O–H groups in total. The molecule has 1 atom stereocenters. The molecule has 1 amide bonds. The summed E-state index contributed by atoms with van der Waals surface area (Å²) in [6, 6.07) is 12.0. The van der Waals surface area contributed by atoms with Gasteiger partial charge in [-0.2, -0.15) is 0 Å². The fourth-order valence-electron chi connectivity index (χ4n) is 3.73. The summed E-state index contributed by atoms with van der Waals surface area (Å²) in [6.07, 6.45) is 0.949. The lowest BCUT2D eigenvalue weighted by Crippen LogP contribution is -2.46. The number of ether oxygens (including phenoxy) is 2. The second-order valence-corrected chi connectivity index (χ2v) is 7.44. The maximum atomic E-state index is 13.2. The smallest absolute Gasteiger partial charge is 0.237 e. The fraction of sp³-hybridized carbons (Fsp3) is 0.435. The monoisotopic (exact) mass is 415 g/mol. The zero-order valence-corrected chi connectivity index (χ0v) is 17.9. The minimum Gasteiger partial charge on any atom is -0.493 e. The highest BCUT2D eigenvalue weighted by Crippen LogP contribution is 2.27. The van der Waals surface area contributed by atoms with Crippen molar-refractivity contribution in [1.29, 1.82) is 0 Å². The van der Waals surface area contributed by atoms with Crippen molar-refractivity contribution >= 4 is 11.6 Å². The zero-order valence-electron chi connectivity index (χ0n) is 17.9. The van der Waals surface area contributed by atoms with Gasteiger partial charge in [0.1, 0.15) is 5.82 Å². The molecule has 0 spiro atoms. The van der Waals surface area contributed by atoms with Crippen molar-refractivity contribution in [1.82, 2.24) is 10.2 Å². The van der Waals surface area contributed by atoms with Gasteiger partial charge in [-0.1, -0.05) is 6.07 Å². The van der Waals surface area contributed by atoms with Crippen LogP contribution in [-0.4, -0.2) is 57.2 Å². The van der Waals surface area contributed by atoms with Gasteiger partial charge in [-0.05, 0) is 55.3 Å². The Balaban J connectivity index is 1.53. The third kappa shape index (κ3) is 5.42. The van der Waals surface area contributed by atoms with Crippen LogP contribution in [0.25, 0.3) is 0 Å². The number of anilines is 1. The molecule has 2 aromatic rings. The lowest BCUT2D eigenvalue weighted by molar-refractivity contribution is -0.126. The summed E-state index contributed by atoms with van der Waals surface area (Å²) in [5, 5.41) is 3.02. The van der Waals surface area contributed by atoms with Gasteiger partial charge in [-0.25, -0.2) is 4.39 Å². The van der Waals surface area contributed by atoms with Gasteiger partial charge in [0.2, 0.25) is 5.91 Å². The van der Waals surface area contributed by atoms with Gasteiger partial charge in [-0.15, -0.1) is 0 Å². The van der Waals surface area contributed by atoms with Crippen LogP contribution in [0.1, 0.15) is 18.9 Å². The number of hydrogen-bond donors (Lipinski definition) is 1. The van der Waals surface area contributed by atoms with Crippen molar-refractivity contribution < 1.29 is 18.7 Å². The molecule has 7 heteroatoms. The van der Waals surface area contributed by atoms with Gasteiger partial charge in [0.15, 0.2) is 11.5 Å². The Bertz CT molecular complexity index is 844. The molecule has 1 aliphatic heterocycles. The van der Waals surface area contributed by atoms with Crippen molar-refractivity contribution in [2.45, 2.75) is 25.9 Å². The summed E-state index contributed by atoms with van der Waals surface area (Å²) >= 11 is 0. The van der Waals surface area contributed by atoms with E-state index in [2.05, 4.69) is 15.1 Å². The van der Waals surface area contributed by atoms with E-state index in [0.29, 0.717) is 18.0 Å². The van der Waals surface area contributed by atoms with Gasteiger partial charge in [0.05, 0.1) is 20.3 Å². The number of rotatable bonds is 7. The zero-order chi connectivity index (χ0) is 21.5. The Morgan fingerprint density at radius 3 is 2.47 bits per heavy atom. The number of nitrogens with zero attached hydrogens (tertiary/aromatic N) is 2. The average Bonchev–Trinajstić information content (AvgIpc) is 3.03. The van der Waals surface area contributed by atoms with Crippen LogP contribution in [0.3, 0.4) is 0 Å². The van der Waals surface area contributed by atoms with Crippen LogP contribution < -0.4 is 19.7 Å². The third-order valence-corrected chi connectivity index (χ3v) is 5.56. The van der Waals surface area contributed by atoms with Crippen molar-refractivity contribution in [2.24, 2.45) is 0 Å². The minimum absolute atomic E-state index is 0.0000158. The number of halogens is 1. The molecule has 6 nitrogen and oxygen atoms in total. The molecule has 1 fully saturated rings. The van der Waals surface area contributed by atoms with E-state index in [1.807, 2.05) is 37.3 Å². The van der Waals surface area contributed by atoms with E-state index in [1.165, 1.54) is 12.1 Å². The number of carbonyl (C=O) groups is 1. The lowest BCUT2D eigenvalue weighted by atomic mass is 10.2. The second-order valence-electron chi connectivity index (χ2n) is 7.44. The van der Waals surface area contributed by atoms with Crippen LogP contribution in [-0.2, 0) is 11.3 Å². The Morgan fingerprint density at radius 1 is 1.03 bits per heavy atom. The molecule has 3 rings (SSSR count). The van der Waals surface area contributed by atoms with Crippen LogP contribution in [0.15, 0.2) is 42.5 Å². The first-order valence-corrected chi connectivity index (χ1v) is 10.2. The largest absolute Gasteiger partial charge is 0.493 e. The number of amides is 1. The highest BCUT2D eigenvalue weighted by molar-refractivity contribution is 5.81. The molecule has 1 heterocycles. The summed E-state index contributed by atoms with van der Waals surface area (Å²) in [6.45, 7) is 5.70. The first-order valence-electron chi connectivity index (χ1n) is 10.2. The average molecular weight is 416 g/mol. The maximum absolute atomic E-state index is 13.2. The molecule has 0 bridgehead atoms. The summed E-state index contributed by atoms with van der Waals surface area (Å²) in [4.78, 5) is 17.2. The van der Waals surface area contributed by atoms with Gasteiger partial charge in [-0.3, -0.25) is 9.69 Å². The van der Waals surface area contributed by atoms with Crippen LogP contribution >= 0.6 is 0 Å². The molecule has 0 saturated carbocycles. The van der Waals surface area contributed by atoms with Crippen LogP contribution in [0, 0.1) is 5.82 Å². The van der Waals surface area contributed by atoms with E-state index in [4.69, 9.17) is 9.47 Å². The number of methoxy groups -OCH3 is 2. The van der Waals surface area contributed by atoms with Gasteiger partial charge < -0.3 is 19.7 Å². The molecular formula is C23H30FN3O3.